The van der Waals surface area contributed by atoms with Gasteiger partial charge in [-0.05, 0) is 47.0 Å². The van der Waals surface area contributed by atoms with Gasteiger partial charge in [0.15, 0.2) is 0 Å². The highest BCUT2D eigenvalue weighted by atomic mass is 32.1. The Labute approximate surface area is 169 Å². The van der Waals surface area contributed by atoms with Gasteiger partial charge in [0.05, 0.1) is 17.8 Å². The van der Waals surface area contributed by atoms with E-state index in [0.717, 1.165) is 6.42 Å². The molecule has 5 rings (SSSR count). The number of hydrogen-bond donors (Lipinski definition) is 0. The molecule has 1 aliphatic heterocycles. The van der Waals surface area contributed by atoms with Gasteiger partial charge >= 0.3 is 0 Å². The third-order valence-electron chi connectivity index (χ3n) is 5.15. The molecule has 28 heavy (non-hydrogen) atoms. The molecule has 1 atom stereocenters. The van der Waals surface area contributed by atoms with Gasteiger partial charge in [0.2, 0.25) is 11.3 Å². The molecule has 4 aromatic rings. The SMILES string of the molecule is O=C(Cn1ncc(=O)c2ccccc21)N1CCc2sccc2C1c1cccs1. The lowest BCUT2D eigenvalue weighted by Gasteiger charge is -2.35. The molecule has 0 bridgehead atoms. The number of aromatic nitrogens is 2. The summed E-state index contributed by atoms with van der Waals surface area (Å²) in [6.07, 6.45) is 2.17. The second-order valence-electron chi connectivity index (χ2n) is 6.74. The number of rotatable bonds is 3. The van der Waals surface area contributed by atoms with Crippen LogP contribution in [0.5, 0.6) is 0 Å². The van der Waals surface area contributed by atoms with Crippen molar-refractivity contribution >= 4 is 39.5 Å². The van der Waals surface area contributed by atoms with Gasteiger partial charge in [-0.2, -0.15) is 5.10 Å². The molecule has 7 heteroatoms. The Morgan fingerprint density at radius 1 is 1.11 bits per heavy atom. The van der Waals surface area contributed by atoms with Gasteiger partial charge in [0.25, 0.3) is 0 Å². The lowest BCUT2D eigenvalue weighted by atomic mass is 9.98. The maximum absolute atomic E-state index is 13.3. The average molecular weight is 408 g/mol. The molecule has 1 amide bonds. The maximum Gasteiger partial charge on any atom is 0.245 e. The molecule has 5 nitrogen and oxygen atoms in total. The van der Waals surface area contributed by atoms with Gasteiger partial charge in [0.1, 0.15) is 6.54 Å². The number of carbonyl (C=O) groups is 1. The van der Waals surface area contributed by atoms with E-state index in [0.29, 0.717) is 17.4 Å². The van der Waals surface area contributed by atoms with Crippen LogP contribution in [0.4, 0.5) is 0 Å². The Kier molecular flexibility index (Phi) is 4.33. The van der Waals surface area contributed by atoms with Crippen LogP contribution in [-0.4, -0.2) is 27.1 Å². The standard InChI is InChI=1S/C21H17N3O2S2/c25-17-12-22-24(16-5-2-1-4-14(16)17)13-20(26)23-9-7-18-15(8-11-28-18)21(23)19-6-3-10-27-19/h1-6,8,10-12,21H,7,9,13H2. The number of para-hydroxylation sites is 1. The van der Waals surface area contributed by atoms with Crippen LogP contribution in [-0.2, 0) is 17.8 Å². The monoisotopic (exact) mass is 407 g/mol. The first-order valence-electron chi connectivity index (χ1n) is 9.06. The third-order valence-corrected chi connectivity index (χ3v) is 7.07. The molecule has 0 aliphatic carbocycles. The fraction of sp³-hybridized carbons (Fsp3) is 0.190. The normalized spacial score (nSPS) is 16.3. The first-order valence-corrected chi connectivity index (χ1v) is 10.8. The molecular weight excluding hydrogens is 390 g/mol. The molecule has 0 N–H and O–H groups in total. The summed E-state index contributed by atoms with van der Waals surface area (Å²) in [5, 5.41) is 8.97. The highest BCUT2D eigenvalue weighted by molar-refractivity contribution is 7.10. The van der Waals surface area contributed by atoms with E-state index in [9.17, 15) is 9.59 Å². The zero-order valence-electron chi connectivity index (χ0n) is 14.9. The summed E-state index contributed by atoms with van der Waals surface area (Å²) in [4.78, 5) is 29.9. The largest absolute Gasteiger partial charge is 0.329 e. The first-order chi connectivity index (χ1) is 13.7. The minimum absolute atomic E-state index is 0.0107. The van der Waals surface area contributed by atoms with E-state index in [2.05, 4.69) is 28.0 Å². The Balaban J connectivity index is 1.52. The van der Waals surface area contributed by atoms with E-state index in [1.165, 1.54) is 21.5 Å². The van der Waals surface area contributed by atoms with Gasteiger partial charge in [-0.1, -0.05) is 18.2 Å². The van der Waals surface area contributed by atoms with Crippen LogP contribution < -0.4 is 5.43 Å². The first kappa shape index (κ1) is 17.3. The predicted octanol–water partition coefficient (Wildman–Crippen LogP) is 3.69. The lowest BCUT2D eigenvalue weighted by Crippen LogP contribution is -2.41. The molecule has 1 unspecified atom stereocenters. The molecule has 140 valence electrons. The fourth-order valence-electron chi connectivity index (χ4n) is 3.84. The van der Waals surface area contributed by atoms with E-state index < -0.39 is 0 Å². The highest BCUT2D eigenvalue weighted by Gasteiger charge is 2.33. The number of nitrogens with zero attached hydrogens (tertiary/aromatic N) is 3. The Bertz CT molecular complexity index is 1210. The molecule has 3 aromatic heterocycles. The molecule has 0 saturated heterocycles. The smallest absolute Gasteiger partial charge is 0.245 e. The summed E-state index contributed by atoms with van der Waals surface area (Å²) in [7, 11) is 0. The number of carbonyl (C=O) groups excluding carboxylic acids is 1. The molecule has 1 aromatic carbocycles. The molecule has 0 radical (unpaired) electrons. The molecule has 0 spiro atoms. The number of fused-ring (bicyclic) bond motifs is 2. The Morgan fingerprint density at radius 2 is 2.00 bits per heavy atom. The van der Waals surface area contributed by atoms with Crippen LogP contribution in [0.15, 0.2) is 64.2 Å². The number of amides is 1. The zero-order chi connectivity index (χ0) is 19.1. The van der Waals surface area contributed by atoms with E-state index in [1.54, 1.807) is 33.4 Å². The van der Waals surface area contributed by atoms with Crippen LogP contribution in [0.1, 0.15) is 21.4 Å². The second-order valence-corrected chi connectivity index (χ2v) is 8.72. The highest BCUT2D eigenvalue weighted by Crippen LogP contribution is 2.39. The summed E-state index contributed by atoms with van der Waals surface area (Å²) in [6, 6.07) is 13.5. The molecule has 1 aliphatic rings. The summed E-state index contributed by atoms with van der Waals surface area (Å²) >= 11 is 3.44. The lowest BCUT2D eigenvalue weighted by molar-refractivity contribution is -0.134. The maximum atomic E-state index is 13.3. The number of hydrogen-bond acceptors (Lipinski definition) is 5. The summed E-state index contributed by atoms with van der Waals surface area (Å²) in [6.45, 7) is 0.801. The van der Waals surface area contributed by atoms with Crippen LogP contribution >= 0.6 is 22.7 Å². The Morgan fingerprint density at radius 3 is 2.86 bits per heavy atom. The van der Waals surface area contributed by atoms with E-state index in [4.69, 9.17) is 0 Å². The topological polar surface area (TPSA) is 55.2 Å². The second kappa shape index (κ2) is 7.00. The van der Waals surface area contributed by atoms with Crippen LogP contribution in [0, 0.1) is 0 Å². The molecule has 0 fully saturated rings. The molecular formula is C21H17N3O2S2. The van der Waals surface area contributed by atoms with Crippen LogP contribution in [0.25, 0.3) is 10.9 Å². The van der Waals surface area contributed by atoms with Crippen molar-refractivity contribution in [2.24, 2.45) is 0 Å². The van der Waals surface area contributed by atoms with Gasteiger partial charge in [-0.3, -0.25) is 14.3 Å². The summed E-state index contributed by atoms with van der Waals surface area (Å²) in [5.74, 6) is 0.0107. The minimum atomic E-state index is -0.128. The number of benzene rings is 1. The van der Waals surface area contributed by atoms with Crippen molar-refractivity contribution in [2.75, 3.05) is 6.54 Å². The summed E-state index contributed by atoms with van der Waals surface area (Å²) < 4.78 is 1.63. The van der Waals surface area contributed by atoms with Crippen molar-refractivity contribution in [1.29, 1.82) is 0 Å². The van der Waals surface area contributed by atoms with Crippen LogP contribution in [0.3, 0.4) is 0 Å². The quantitative estimate of drug-likeness (QED) is 0.520. The van der Waals surface area contributed by atoms with Gasteiger partial charge in [0, 0.05) is 21.7 Å². The zero-order valence-corrected chi connectivity index (χ0v) is 16.6. The molecule has 4 heterocycles. The van der Waals surface area contributed by atoms with E-state index in [-0.39, 0.29) is 23.9 Å². The van der Waals surface area contributed by atoms with Gasteiger partial charge < -0.3 is 4.90 Å². The Hall–Kier alpha value is -2.77. The van der Waals surface area contributed by atoms with Crippen molar-refractivity contribution in [1.82, 2.24) is 14.7 Å². The van der Waals surface area contributed by atoms with Crippen molar-refractivity contribution < 1.29 is 4.79 Å². The summed E-state index contributed by atoms with van der Waals surface area (Å²) in [5.41, 5.74) is 1.78. The fourth-order valence-corrected chi connectivity index (χ4v) is 5.60. The third kappa shape index (κ3) is 2.87. The molecule has 0 saturated carbocycles. The van der Waals surface area contributed by atoms with Gasteiger partial charge in [-0.25, -0.2) is 0 Å². The minimum Gasteiger partial charge on any atom is -0.329 e. The van der Waals surface area contributed by atoms with Crippen LogP contribution in [0.2, 0.25) is 0 Å². The van der Waals surface area contributed by atoms with Crippen molar-refractivity contribution in [2.45, 2.75) is 19.0 Å². The van der Waals surface area contributed by atoms with E-state index in [1.807, 2.05) is 29.2 Å². The van der Waals surface area contributed by atoms with E-state index >= 15 is 0 Å². The van der Waals surface area contributed by atoms with Crippen molar-refractivity contribution in [3.05, 3.63) is 85.0 Å². The van der Waals surface area contributed by atoms with Crippen molar-refractivity contribution in [3.8, 4) is 0 Å². The van der Waals surface area contributed by atoms with Gasteiger partial charge in [-0.15, -0.1) is 22.7 Å². The average Bonchev–Trinajstić information content (AvgIpc) is 3.41. The predicted molar refractivity (Wildman–Crippen MR) is 112 cm³/mol. The number of thiophene rings is 2. The van der Waals surface area contributed by atoms with Crippen molar-refractivity contribution in [3.63, 3.8) is 0 Å².